The van der Waals surface area contributed by atoms with Crippen molar-refractivity contribution in [1.29, 1.82) is 0 Å². The molecule has 3 aromatic rings. The number of benzene rings is 2. The van der Waals surface area contributed by atoms with Gasteiger partial charge in [-0.05, 0) is 54.6 Å². The first-order valence-electron chi connectivity index (χ1n) is 9.05. The molecule has 11 heteroatoms. The number of hydrogen-bond donors (Lipinski definition) is 0. The predicted molar refractivity (Wildman–Crippen MR) is 117 cm³/mol. The van der Waals surface area contributed by atoms with Gasteiger partial charge in [0.15, 0.2) is 5.71 Å². The van der Waals surface area contributed by atoms with Gasteiger partial charge in [-0.1, -0.05) is 34.1 Å². The lowest BCUT2D eigenvalue weighted by Crippen LogP contribution is -2.25. The molecule has 0 fully saturated rings. The molecule has 0 saturated heterocycles. The number of para-hydroxylation sites is 1. The number of rotatable bonds is 4. The van der Waals surface area contributed by atoms with Gasteiger partial charge in [0.2, 0.25) is 0 Å². The van der Waals surface area contributed by atoms with Crippen molar-refractivity contribution in [2.45, 2.75) is 11.1 Å². The Morgan fingerprint density at radius 3 is 2.22 bits per heavy atom. The predicted octanol–water partition coefficient (Wildman–Crippen LogP) is 4.84. The van der Waals surface area contributed by atoms with Gasteiger partial charge in [0.25, 0.3) is 15.9 Å². The smallest absolute Gasteiger partial charge is 0.267 e. The van der Waals surface area contributed by atoms with E-state index < -0.39 is 33.4 Å². The van der Waals surface area contributed by atoms with E-state index in [0.717, 1.165) is 10.0 Å². The Balaban J connectivity index is 1.81. The van der Waals surface area contributed by atoms with Gasteiger partial charge in [-0.25, -0.2) is 12.4 Å². The van der Waals surface area contributed by atoms with Crippen molar-refractivity contribution in [2.75, 3.05) is 5.01 Å². The van der Waals surface area contributed by atoms with Gasteiger partial charge in [0, 0.05) is 10.7 Å². The molecular weight excluding hydrogens is 511 g/mol. The van der Waals surface area contributed by atoms with Crippen molar-refractivity contribution in [3.63, 3.8) is 0 Å². The van der Waals surface area contributed by atoms with Gasteiger partial charge in [0.1, 0.15) is 0 Å². The van der Waals surface area contributed by atoms with Crippen LogP contribution in [0.4, 0.5) is 18.9 Å². The van der Waals surface area contributed by atoms with Crippen molar-refractivity contribution in [3.05, 3.63) is 88.7 Å². The Hall–Kier alpha value is -3.18. The third-order valence-corrected chi connectivity index (χ3v) is 6.80. The van der Waals surface area contributed by atoms with Crippen LogP contribution in [0.2, 0.25) is 0 Å². The van der Waals surface area contributed by atoms with Gasteiger partial charge in [-0.3, -0.25) is 4.79 Å². The summed E-state index contributed by atoms with van der Waals surface area (Å²) in [4.78, 5) is 12.8. The molecular formula is C21H13BrF3N3O3S. The SMILES string of the molecule is O=C1/C(=C/c2cccn2S(=O)(=O)c2ccc(Br)cc2)C(C(F)(F)F)=NN1c1ccccc1. The standard InChI is InChI=1S/C21H13BrF3N3O3S/c22-14-8-10-17(11-9-14)32(30,31)27-12-4-7-16(27)13-18-19(21(23,24)25)26-28(20(18)29)15-5-2-1-3-6-15/h1-13H/b18-13+. The Kier molecular flexibility index (Phi) is 5.55. The molecule has 0 aliphatic carbocycles. The fourth-order valence-corrected chi connectivity index (χ4v) is 4.67. The van der Waals surface area contributed by atoms with Gasteiger partial charge in [-0.2, -0.15) is 23.3 Å². The van der Waals surface area contributed by atoms with Gasteiger partial charge in [-0.15, -0.1) is 0 Å². The minimum absolute atomic E-state index is 0.0649. The van der Waals surface area contributed by atoms with E-state index in [-0.39, 0.29) is 16.3 Å². The summed E-state index contributed by atoms with van der Waals surface area (Å²) in [5.41, 5.74) is -2.13. The van der Waals surface area contributed by atoms with Crippen LogP contribution in [0.1, 0.15) is 5.69 Å². The Morgan fingerprint density at radius 1 is 0.938 bits per heavy atom. The summed E-state index contributed by atoms with van der Waals surface area (Å²) in [7, 11) is -4.12. The number of anilines is 1. The highest BCUT2D eigenvalue weighted by molar-refractivity contribution is 9.10. The first-order valence-corrected chi connectivity index (χ1v) is 11.3. The van der Waals surface area contributed by atoms with E-state index in [9.17, 15) is 26.4 Å². The maximum Gasteiger partial charge on any atom is 0.435 e. The largest absolute Gasteiger partial charge is 0.435 e. The number of alkyl halides is 3. The van der Waals surface area contributed by atoms with Crippen LogP contribution in [-0.2, 0) is 14.8 Å². The summed E-state index contributed by atoms with van der Waals surface area (Å²) in [6, 6.07) is 16.1. The zero-order valence-corrected chi connectivity index (χ0v) is 18.4. The molecule has 164 valence electrons. The molecule has 0 unspecified atom stereocenters. The van der Waals surface area contributed by atoms with Crippen LogP contribution >= 0.6 is 15.9 Å². The van der Waals surface area contributed by atoms with Crippen molar-refractivity contribution >= 4 is 49.3 Å². The second kappa shape index (κ2) is 8.06. The van der Waals surface area contributed by atoms with Crippen molar-refractivity contribution in [2.24, 2.45) is 5.10 Å². The third kappa shape index (κ3) is 4.00. The molecule has 1 aliphatic rings. The zero-order chi connectivity index (χ0) is 23.1. The monoisotopic (exact) mass is 523 g/mol. The molecule has 1 aliphatic heterocycles. The molecule has 32 heavy (non-hydrogen) atoms. The first-order chi connectivity index (χ1) is 15.1. The molecule has 1 amide bonds. The lowest BCUT2D eigenvalue weighted by atomic mass is 10.1. The third-order valence-electron chi connectivity index (χ3n) is 4.55. The molecule has 0 saturated carbocycles. The summed E-state index contributed by atoms with van der Waals surface area (Å²) >= 11 is 3.22. The van der Waals surface area contributed by atoms with Crippen LogP contribution in [0.5, 0.6) is 0 Å². The second-order valence-corrected chi connectivity index (χ2v) is 9.38. The highest BCUT2D eigenvalue weighted by Gasteiger charge is 2.47. The van der Waals surface area contributed by atoms with E-state index in [1.165, 1.54) is 54.7 Å². The maximum atomic E-state index is 13.7. The Morgan fingerprint density at radius 2 is 1.59 bits per heavy atom. The van der Waals surface area contributed by atoms with Crippen LogP contribution in [-0.4, -0.2) is 30.2 Å². The summed E-state index contributed by atoms with van der Waals surface area (Å²) in [6.45, 7) is 0. The topological polar surface area (TPSA) is 71.7 Å². The summed E-state index contributed by atoms with van der Waals surface area (Å²) in [5.74, 6) is -1.02. The van der Waals surface area contributed by atoms with Crippen LogP contribution in [0.25, 0.3) is 6.08 Å². The van der Waals surface area contributed by atoms with E-state index in [2.05, 4.69) is 21.0 Å². The molecule has 0 radical (unpaired) electrons. The molecule has 0 N–H and O–H groups in total. The van der Waals surface area contributed by atoms with Gasteiger partial charge in [0.05, 0.1) is 21.8 Å². The Labute approximate surface area is 189 Å². The number of carbonyl (C=O) groups excluding carboxylic acids is 1. The van der Waals surface area contributed by atoms with Crippen molar-refractivity contribution in [3.8, 4) is 0 Å². The van der Waals surface area contributed by atoms with E-state index in [0.29, 0.717) is 9.48 Å². The lowest BCUT2D eigenvalue weighted by molar-refractivity contribution is -0.114. The highest BCUT2D eigenvalue weighted by Crippen LogP contribution is 2.33. The van der Waals surface area contributed by atoms with Crippen LogP contribution < -0.4 is 5.01 Å². The maximum absolute atomic E-state index is 13.7. The van der Waals surface area contributed by atoms with E-state index in [1.54, 1.807) is 18.2 Å². The molecule has 0 bridgehead atoms. The minimum atomic E-state index is -4.92. The van der Waals surface area contributed by atoms with Gasteiger partial charge < -0.3 is 0 Å². The Bertz CT molecular complexity index is 1350. The quantitative estimate of drug-likeness (QED) is 0.459. The summed E-state index contributed by atoms with van der Waals surface area (Å²) < 4.78 is 68.5. The number of hydrogen-bond acceptors (Lipinski definition) is 4. The fourth-order valence-electron chi connectivity index (χ4n) is 3.08. The van der Waals surface area contributed by atoms with E-state index in [1.807, 2.05) is 0 Å². The second-order valence-electron chi connectivity index (χ2n) is 6.64. The number of halogens is 4. The van der Waals surface area contributed by atoms with Gasteiger partial charge >= 0.3 is 6.18 Å². The minimum Gasteiger partial charge on any atom is -0.267 e. The summed E-state index contributed by atoms with van der Waals surface area (Å²) in [5, 5.41) is 4.12. The normalized spacial score (nSPS) is 16.0. The fraction of sp³-hybridized carbons (Fsp3) is 0.0476. The van der Waals surface area contributed by atoms with Crippen LogP contribution in [0.3, 0.4) is 0 Å². The lowest BCUT2D eigenvalue weighted by Gasteiger charge is -2.11. The molecule has 2 aromatic carbocycles. The van der Waals surface area contributed by atoms with Crippen molar-refractivity contribution in [1.82, 2.24) is 3.97 Å². The van der Waals surface area contributed by atoms with Crippen LogP contribution in [0, 0.1) is 0 Å². The number of nitrogens with zero attached hydrogens (tertiary/aromatic N) is 3. The first kappa shape index (κ1) is 22.0. The van der Waals surface area contributed by atoms with Crippen molar-refractivity contribution < 1.29 is 26.4 Å². The summed E-state index contributed by atoms with van der Waals surface area (Å²) in [6.07, 6.45) is -2.84. The average molecular weight is 524 g/mol. The van der Waals surface area contributed by atoms with E-state index >= 15 is 0 Å². The molecule has 1 aromatic heterocycles. The zero-order valence-electron chi connectivity index (χ0n) is 16.0. The molecule has 0 spiro atoms. The number of amides is 1. The average Bonchev–Trinajstić information content (AvgIpc) is 3.35. The molecule has 0 atom stereocenters. The number of carbonyl (C=O) groups is 1. The van der Waals surface area contributed by atoms with E-state index in [4.69, 9.17) is 0 Å². The molecule has 6 nitrogen and oxygen atoms in total. The number of hydrazone groups is 1. The van der Waals surface area contributed by atoms with Crippen LogP contribution in [0.15, 0.2) is 93.0 Å². The highest BCUT2D eigenvalue weighted by atomic mass is 79.9. The number of aromatic nitrogens is 1. The molecule has 4 rings (SSSR count). The molecule has 2 heterocycles.